The van der Waals surface area contributed by atoms with Crippen LogP contribution in [0, 0.1) is 0 Å². The average molecular weight is 356 g/mol. The van der Waals surface area contributed by atoms with Gasteiger partial charge in [0.05, 0.1) is 11.0 Å². The molecule has 0 radical (unpaired) electrons. The third-order valence-corrected chi connectivity index (χ3v) is 3.77. The Balaban J connectivity index is 1.98. The van der Waals surface area contributed by atoms with Crippen LogP contribution in [0.2, 0.25) is 5.02 Å². The zero-order valence-electron chi connectivity index (χ0n) is 13.5. The first-order valence-electron chi connectivity index (χ1n) is 7.95. The first kappa shape index (κ1) is 17.1. The van der Waals surface area contributed by atoms with Crippen LogP contribution in [0.25, 0.3) is 11.0 Å². The minimum Gasteiger partial charge on any atom is -0.351 e. The number of benzene rings is 2. The third-order valence-electron chi connectivity index (χ3n) is 3.54. The van der Waals surface area contributed by atoms with Gasteiger partial charge in [0.15, 0.2) is 11.5 Å². The molecular weight excluding hydrogens is 338 g/mol. The summed E-state index contributed by atoms with van der Waals surface area (Å²) in [6.07, 6.45) is 0.698. The number of aromatic nitrogens is 2. The molecule has 4 N–H and O–H groups in total. The molecule has 1 heterocycles. The Bertz CT molecular complexity index is 900. The summed E-state index contributed by atoms with van der Waals surface area (Å²) in [6, 6.07) is 14.6. The molecule has 3 rings (SSSR count). The number of hydrogen-bond acceptors (Lipinski definition) is 5. The zero-order chi connectivity index (χ0) is 17.6. The first-order chi connectivity index (χ1) is 12.2. The second-order valence-electron chi connectivity index (χ2n) is 5.44. The number of nitrogens with one attached hydrogen (secondary N) is 2. The van der Waals surface area contributed by atoms with Crippen molar-refractivity contribution in [2.24, 2.45) is 5.73 Å². The number of anilines is 2. The van der Waals surface area contributed by atoms with Crippen molar-refractivity contribution >= 4 is 40.0 Å². The molecule has 0 spiro atoms. The molecule has 0 bridgehead atoms. The Kier molecular flexibility index (Phi) is 5.42. The van der Waals surface area contributed by atoms with Gasteiger partial charge in [0, 0.05) is 17.3 Å². The fourth-order valence-electron chi connectivity index (χ4n) is 2.34. The Morgan fingerprint density at radius 2 is 1.84 bits per heavy atom. The van der Waals surface area contributed by atoms with Gasteiger partial charge in [-0.15, -0.1) is 0 Å². The number of nitrogens with zero attached hydrogens (tertiary/aromatic N) is 2. The molecule has 0 aliphatic carbocycles. The molecule has 7 heteroatoms. The molecule has 128 valence electrons. The summed E-state index contributed by atoms with van der Waals surface area (Å²) in [4.78, 5) is 21.5. The van der Waals surface area contributed by atoms with E-state index < -0.39 is 0 Å². The van der Waals surface area contributed by atoms with Crippen LogP contribution < -0.4 is 16.4 Å². The third kappa shape index (κ3) is 4.23. The Morgan fingerprint density at radius 3 is 2.56 bits per heavy atom. The number of carbonyl (C=O) groups is 1. The van der Waals surface area contributed by atoms with Crippen LogP contribution in [0.3, 0.4) is 0 Å². The van der Waals surface area contributed by atoms with Crippen molar-refractivity contribution in [3.05, 3.63) is 59.2 Å². The van der Waals surface area contributed by atoms with Crippen LogP contribution >= 0.6 is 11.6 Å². The Hall–Kier alpha value is -2.70. The average Bonchev–Trinajstić information content (AvgIpc) is 2.61. The molecule has 0 aliphatic rings. The van der Waals surface area contributed by atoms with Gasteiger partial charge in [0.2, 0.25) is 0 Å². The van der Waals surface area contributed by atoms with Gasteiger partial charge in [-0.25, -0.2) is 9.97 Å². The quantitative estimate of drug-likeness (QED) is 0.591. The number of carbonyl (C=O) groups excluding carboxylic acids is 1. The van der Waals surface area contributed by atoms with E-state index in [4.69, 9.17) is 17.3 Å². The van der Waals surface area contributed by atoms with Gasteiger partial charge >= 0.3 is 0 Å². The minimum absolute atomic E-state index is 0.232. The van der Waals surface area contributed by atoms with E-state index in [1.165, 1.54) is 0 Å². The number of fused-ring (bicyclic) bond motifs is 1. The Morgan fingerprint density at radius 1 is 1.08 bits per heavy atom. The molecule has 0 saturated carbocycles. The van der Waals surface area contributed by atoms with Crippen molar-refractivity contribution in [1.82, 2.24) is 15.3 Å². The topological polar surface area (TPSA) is 92.9 Å². The maximum absolute atomic E-state index is 12.5. The van der Waals surface area contributed by atoms with Crippen LogP contribution in [0.15, 0.2) is 48.5 Å². The monoisotopic (exact) mass is 355 g/mol. The lowest BCUT2D eigenvalue weighted by molar-refractivity contribution is 0.0949. The van der Waals surface area contributed by atoms with E-state index in [0.29, 0.717) is 41.4 Å². The number of nitrogens with two attached hydrogens (primary N) is 1. The first-order valence-corrected chi connectivity index (χ1v) is 8.33. The number of hydrogen-bond donors (Lipinski definition) is 3. The number of halogens is 1. The van der Waals surface area contributed by atoms with E-state index in [2.05, 4.69) is 20.6 Å². The van der Waals surface area contributed by atoms with Crippen molar-refractivity contribution in [3.63, 3.8) is 0 Å². The highest BCUT2D eigenvalue weighted by Crippen LogP contribution is 2.23. The van der Waals surface area contributed by atoms with Crippen LogP contribution in [0.4, 0.5) is 11.5 Å². The number of amides is 1. The van der Waals surface area contributed by atoms with Gasteiger partial charge in [-0.05, 0) is 43.3 Å². The van der Waals surface area contributed by atoms with E-state index in [9.17, 15) is 4.79 Å². The lowest BCUT2D eigenvalue weighted by Crippen LogP contribution is -2.27. The predicted octanol–water partition coefficient (Wildman–Crippen LogP) is 3.11. The largest absolute Gasteiger partial charge is 0.351 e. The molecule has 6 nitrogen and oxygen atoms in total. The maximum atomic E-state index is 12.5. The fraction of sp³-hybridized carbons (Fsp3) is 0.167. The van der Waals surface area contributed by atoms with E-state index >= 15 is 0 Å². The number of rotatable bonds is 6. The van der Waals surface area contributed by atoms with Crippen molar-refractivity contribution < 1.29 is 4.79 Å². The molecular formula is C18H18ClN5O. The van der Waals surface area contributed by atoms with Crippen molar-refractivity contribution in [1.29, 1.82) is 0 Å². The standard InChI is InChI=1S/C18H18ClN5O/c19-12-5-3-6-13(11-12)22-17-16(18(25)21-10-4-9-20)23-14-7-1-2-8-15(14)24-17/h1-3,5-8,11H,4,9-10,20H2,(H,21,25)(H,22,24). The fourth-order valence-corrected chi connectivity index (χ4v) is 2.53. The molecule has 3 aromatic rings. The van der Waals surface area contributed by atoms with Crippen molar-refractivity contribution in [3.8, 4) is 0 Å². The molecule has 0 fully saturated rings. The smallest absolute Gasteiger partial charge is 0.273 e. The minimum atomic E-state index is -0.295. The molecule has 25 heavy (non-hydrogen) atoms. The lowest BCUT2D eigenvalue weighted by atomic mass is 10.2. The molecule has 1 aromatic heterocycles. The van der Waals surface area contributed by atoms with Gasteiger partial charge < -0.3 is 16.4 Å². The summed E-state index contributed by atoms with van der Waals surface area (Å²) in [5.41, 5.74) is 7.79. The van der Waals surface area contributed by atoms with Crippen LogP contribution in [0.1, 0.15) is 16.9 Å². The van der Waals surface area contributed by atoms with Crippen molar-refractivity contribution in [2.45, 2.75) is 6.42 Å². The van der Waals surface area contributed by atoms with Gasteiger partial charge in [0.1, 0.15) is 0 Å². The van der Waals surface area contributed by atoms with E-state index in [1.807, 2.05) is 36.4 Å². The summed E-state index contributed by atoms with van der Waals surface area (Å²) in [7, 11) is 0. The van der Waals surface area contributed by atoms with E-state index in [-0.39, 0.29) is 11.6 Å². The highest BCUT2D eigenvalue weighted by Gasteiger charge is 2.16. The summed E-state index contributed by atoms with van der Waals surface area (Å²) < 4.78 is 0. The summed E-state index contributed by atoms with van der Waals surface area (Å²) in [5, 5.41) is 6.54. The van der Waals surface area contributed by atoms with Gasteiger partial charge in [0.25, 0.3) is 5.91 Å². The highest BCUT2D eigenvalue weighted by atomic mass is 35.5. The molecule has 0 saturated heterocycles. The van der Waals surface area contributed by atoms with Gasteiger partial charge in [-0.1, -0.05) is 29.8 Å². The van der Waals surface area contributed by atoms with Crippen LogP contribution in [0.5, 0.6) is 0 Å². The van der Waals surface area contributed by atoms with Crippen LogP contribution in [-0.2, 0) is 0 Å². The lowest BCUT2D eigenvalue weighted by Gasteiger charge is -2.12. The Labute approximate surface area is 150 Å². The van der Waals surface area contributed by atoms with Gasteiger partial charge in [-0.2, -0.15) is 0 Å². The predicted molar refractivity (Wildman–Crippen MR) is 100 cm³/mol. The SMILES string of the molecule is NCCCNC(=O)c1nc2ccccc2nc1Nc1cccc(Cl)c1. The zero-order valence-corrected chi connectivity index (χ0v) is 14.3. The van der Waals surface area contributed by atoms with E-state index in [0.717, 1.165) is 5.69 Å². The summed E-state index contributed by atoms with van der Waals surface area (Å²) >= 11 is 6.03. The second-order valence-corrected chi connectivity index (χ2v) is 5.88. The normalized spacial score (nSPS) is 10.6. The number of para-hydroxylation sites is 2. The van der Waals surface area contributed by atoms with E-state index in [1.54, 1.807) is 12.1 Å². The van der Waals surface area contributed by atoms with Gasteiger partial charge in [-0.3, -0.25) is 4.79 Å². The van der Waals surface area contributed by atoms with Crippen LogP contribution in [-0.4, -0.2) is 29.0 Å². The highest BCUT2D eigenvalue weighted by molar-refractivity contribution is 6.30. The van der Waals surface area contributed by atoms with Crippen molar-refractivity contribution in [2.75, 3.05) is 18.4 Å². The molecule has 2 aromatic carbocycles. The summed E-state index contributed by atoms with van der Waals surface area (Å²) in [5.74, 6) is 0.0856. The molecule has 1 amide bonds. The molecule has 0 unspecified atom stereocenters. The molecule has 0 atom stereocenters. The maximum Gasteiger partial charge on any atom is 0.273 e. The summed E-state index contributed by atoms with van der Waals surface area (Å²) in [6.45, 7) is 0.998. The molecule has 0 aliphatic heterocycles. The second kappa shape index (κ2) is 7.92.